The first-order valence-electron chi connectivity index (χ1n) is 13.1. The fourth-order valence-corrected chi connectivity index (χ4v) is 6.51. The number of piperidine rings is 1. The van der Waals surface area contributed by atoms with Gasteiger partial charge in [0.15, 0.2) is 0 Å². The van der Waals surface area contributed by atoms with Crippen molar-refractivity contribution >= 4 is 23.5 Å². The summed E-state index contributed by atoms with van der Waals surface area (Å²) in [6.45, 7) is 6.78. The van der Waals surface area contributed by atoms with Crippen LogP contribution < -0.4 is 16.4 Å². The molecule has 192 valence electrons. The van der Waals surface area contributed by atoms with E-state index >= 15 is 0 Å². The highest BCUT2D eigenvalue weighted by atomic mass is 16.2. The molecule has 0 spiro atoms. The van der Waals surface area contributed by atoms with Crippen molar-refractivity contribution in [2.75, 3.05) is 13.1 Å². The third-order valence-corrected chi connectivity index (χ3v) is 9.25. The molecule has 4 aliphatic rings. The molecule has 1 saturated heterocycles. The maximum absolute atomic E-state index is 13.7. The van der Waals surface area contributed by atoms with Crippen molar-refractivity contribution in [1.82, 2.24) is 15.5 Å². The summed E-state index contributed by atoms with van der Waals surface area (Å²) < 4.78 is 0. The molecule has 3 aliphatic carbocycles. The number of rotatable bonds is 9. The number of terminal acetylenes is 1. The van der Waals surface area contributed by atoms with Gasteiger partial charge in [-0.2, -0.15) is 0 Å². The van der Waals surface area contributed by atoms with Crippen molar-refractivity contribution < 1.29 is 19.2 Å². The molecule has 4 rings (SSSR count). The summed E-state index contributed by atoms with van der Waals surface area (Å²) >= 11 is 0. The summed E-state index contributed by atoms with van der Waals surface area (Å²) in [4.78, 5) is 54.1. The lowest BCUT2D eigenvalue weighted by Gasteiger charge is -2.41. The molecule has 1 unspecified atom stereocenters. The van der Waals surface area contributed by atoms with E-state index in [0.717, 1.165) is 44.9 Å². The largest absolute Gasteiger partial charge is 0.344 e. The van der Waals surface area contributed by atoms with Gasteiger partial charge in [0.05, 0.1) is 18.6 Å². The van der Waals surface area contributed by atoms with Gasteiger partial charge in [-0.1, -0.05) is 58.8 Å². The zero-order valence-electron chi connectivity index (χ0n) is 21.3. The smallest absolute Gasteiger partial charge is 0.290 e. The van der Waals surface area contributed by atoms with Gasteiger partial charge in [-0.15, -0.1) is 6.42 Å². The number of carbonyl (C=O) groups is 4. The number of fused-ring (bicyclic) bond motifs is 1. The number of nitrogens with two attached hydrogens (primary N) is 1. The maximum atomic E-state index is 13.7. The van der Waals surface area contributed by atoms with E-state index in [4.69, 9.17) is 12.2 Å². The van der Waals surface area contributed by atoms with Crippen molar-refractivity contribution in [3.05, 3.63) is 0 Å². The van der Waals surface area contributed by atoms with E-state index in [9.17, 15) is 19.2 Å². The standard InChI is InChI=1S/C27H40N4O4/c1-5-13-29-24(34)21(32)18(14-16-9-10-16)30-23(33)20-19-17(26(19,2)3)15-31(20)25(35)22(28)27(4)11-7-6-8-12-27/h1,16-20,22H,6-15,28H2,2-4H3,(H,29,34)(H,30,33)/t17-,18?,19-,20-,22+/m0/s1. The number of Topliss-reactive ketones (excluding diaryl/α,β-unsaturated/α-hetero) is 1. The van der Waals surface area contributed by atoms with E-state index in [2.05, 4.69) is 37.3 Å². The zero-order valence-corrected chi connectivity index (χ0v) is 21.3. The van der Waals surface area contributed by atoms with Gasteiger partial charge in [0.2, 0.25) is 17.6 Å². The number of hydrogen-bond donors (Lipinski definition) is 3. The summed E-state index contributed by atoms with van der Waals surface area (Å²) in [5.41, 5.74) is 6.24. The normalized spacial score (nSPS) is 29.8. The first-order chi connectivity index (χ1) is 16.5. The summed E-state index contributed by atoms with van der Waals surface area (Å²) in [5, 5.41) is 5.26. The van der Waals surface area contributed by atoms with E-state index in [1.165, 1.54) is 0 Å². The van der Waals surface area contributed by atoms with Crippen molar-refractivity contribution in [2.45, 2.75) is 90.3 Å². The Balaban J connectivity index is 1.50. The second-order valence-electron chi connectivity index (χ2n) is 12.1. The quantitative estimate of drug-likeness (QED) is 0.337. The van der Waals surface area contributed by atoms with Crippen LogP contribution in [0.15, 0.2) is 0 Å². The number of hydrogen-bond acceptors (Lipinski definition) is 5. The second kappa shape index (κ2) is 9.57. The molecular weight excluding hydrogens is 444 g/mol. The van der Waals surface area contributed by atoms with Crippen molar-refractivity contribution in [3.63, 3.8) is 0 Å². The van der Waals surface area contributed by atoms with Crippen LogP contribution >= 0.6 is 0 Å². The van der Waals surface area contributed by atoms with Gasteiger partial charge in [-0.25, -0.2) is 0 Å². The predicted octanol–water partition coefficient (Wildman–Crippen LogP) is 1.37. The summed E-state index contributed by atoms with van der Waals surface area (Å²) in [5.74, 6) is 0.839. The highest BCUT2D eigenvalue weighted by molar-refractivity contribution is 6.38. The number of ketones is 1. The molecule has 0 aromatic carbocycles. The second-order valence-corrected chi connectivity index (χ2v) is 12.1. The molecule has 3 amide bonds. The van der Waals surface area contributed by atoms with E-state index < -0.39 is 29.8 Å². The lowest BCUT2D eigenvalue weighted by molar-refractivity contribution is -0.145. The molecule has 8 heteroatoms. The minimum Gasteiger partial charge on any atom is -0.344 e. The van der Waals surface area contributed by atoms with Crippen LogP contribution in [-0.4, -0.2) is 59.6 Å². The molecule has 1 aliphatic heterocycles. The fourth-order valence-electron chi connectivity index (χ4n) is 6.51. The van der Waals surface area contributed by atoms with Crippen LogP contribution in [0.2, 0.25) is 0 Å². The molecule has 0 aromatic rings. The van der Waals surface area contributed by atoms with Crippen LogP contribution in [0.5, 0.6) is 0 Å². The molecule has 0 aromatic heterocycles. The highest BCUT2D eigenvalue weighted by Crippen LogP contribution is 2.65. The number of nitrogens with one attached hydrogen (secondary N) is 2. The third kappa shape index (κ3) is 4.97. The summed E-state index contributed by atoms with van der Waals surface area (Å²) in [6.07, 6.45) is 12.7. The molecular formula is C27H40N4O4. The molecule has 0 bridgehead atoms. The van der Waals surface area contributed by atoms with Crippen LogP contribution in [-0.2, 0) is 19.2 Å². The molecule has 4 N–H and O–H groups in total. The van der Waals surface area contributed by atoms with Gasteiger partial charge in [-0.05, 0) is 47.8 Å². The maximum Gasteiger partial charge on any atom is 0.290 e. The SMILES string of the molecule is C#CCNC(=O)C(=O)C(CC1CC1)NC(=O)[C@@H]1[C@@H]2[C@H](CN1C(=O)[C@@H](N)C1(C)CCCCC1)C2(C)C. The molecule has 8 nitrogen and oxygen atoms in total. The van der Waals surface area contributed by atoms with Gasteiger partial charge in [0.25, 0.3) is 5.91 Å². The van der Waals surface area contributed by atoms with Gasteiger partial charge in [0, 0.05) is 6.54 Å². The molecule has 1 heterocycles. The first kappa shape index (κ1) is 25.7. The Morgan fingerprint density at radius 3 is 2.37 bits per heavy atom. The number of likely N-dealkylation sites (tertiary alicyclic amines) is 1. The first-order valence-corrected chi connectivity index (χ1v) is 13.1. The Morgan fingerprint density at radius 1 is 1.11 bits per heavy atom. The van der Waals surface area contributed by atoms with Crippen molar-refractivity contribution in [1.29, 1.82) is 0 Å². The Hall–Kier alpha value is -2.40. The van der Waals surface area contributed by atoms with Crippen molar-refractivity contribution in [3.8, 4) is 12.3 Å². The minimum atomic E-state index is -0.921. The molecule has 35 heavy (non-hydrogen) atoms. The summed E-state index contributed by atoms with van der Waals surface area (Å²) in [7, 11) is 0. The average Bonchev–Trinajstić information content (AvgIpc) is 3.68. The van der Waals surface area contributed by atoms with E-state index in [1.807, 2.05) is 0 Å². The van der Waals surface area contributed by atoms with E-state index in [0.29, 0.717) is 18.9 Å². The predicted molar refractivity (Wildman–Crippen MR) is 132 cm³/mol. The van der Waals surface area contributed by atoms with Crippen LogP contribution in [0.4, 0.5) is 0 Å². The molecule has 4 fully saturated rings. The van der Waals surface area contributed by atoms with E-state index in [1.54, 1.807) is 4.90 Å². The monoisotopic (exact) mass is 484 g/mol. The average molecular weight is 485 g/mol. The van der Waals surface area contributed by atoms with Crippen LogP contribution in [0, 0.1) is 40.9 Å². The number of amides is 3. The van der Waals surface area contributed by atoms with Gasteiger partial charge < -0.3 is 21.3 Å². The molecule has 5 atom stereocenters. The van der Waals surface area contributed by atoms with Crippen LogP contribution in [0.25, 0.3) is 0 Å². The lowest BCUT2D eigenvalue weighted by Crippen LogP contribution is -2.60. The Kier molecular flexibility index (Phi) is 7.02. The van der Waals surface area contributed by atoms with Gasteiger partial charge in [-0.3, -0.25) is 19.2 Å². The van der Waals surface area contributed by atoms with Gasteiger partial charge in [0.1, 0.15) is 6.04 Å². The van der Waals surface area contributed by atoms with Crippen molar-refractivity contribution in [2.24, 2.45) is 34.3 Å². The Bertz CT molecular complexity index is 928. The highest BCUT2D eigenvalue weighted by Gasteiger charge is 2.69. The van der Waals surface area contributed by atoms with Crippen LogP contribution in [0.1, 0.15) is 72.1 Å². The Labute approximate surface area is 208 Å². The molecule has 3 saturated carbocycles. The summed E-state index contributed by atoms with van der Waals surface area (Å²) in [6, 6.07) is -2.25. The minimum absolute atomic E-state index is 0.0183. The fraction of sp³-hybridized carbons (Fsp3) is 0.778. The lowest BCUT2D eigenvalue weighted by atomic mass is 9.70. The Morgan fingerprint density at radius 2 is 1.77 bits per heavy atom. The van der Waals surface area contributed by atoms with Crippen LogP contribution in [0.3, 0.4) is 0 Å². The van der Waals surface area contributed by atoms with Gasteiger partial charge >= 0.3 is 0 Å². The zero-order chi connectivity index (χ0) is 25.5. The number of carbonyl (C=O) groups excluding carboxylic acids is 4. The topological polar surface area (TPSA) is 122 Å². The third-order valence-electron chi connectivity index (χ3n) is 9.25. The number of nitrogens with zero attached hydrogens (tertiary/aromatic N) is 1. The van der Waals surface area contributed by atoms with E-state index in [-0.39, 0.29) is 41.0 Å². The molecule has 0 radical (unpaired) electrons.